The summed E-state index contributed by atoms with van der Waals surface area (Å²) in [6.07, 6.45) is 3.77. The molecule has 3 rings (SSSR count). The fourth-order valence-corrected chi connectivity index (χ4v) is 2.30. The summed E-state index contributed by atoms with van der Waals surface area (Å²) >= 11 is 0. The minimum atomic E-state index is -0.518. The van der Waals surface area contributed by atoms with Crippen LogP contribution in [0.2, 0.25) is 0 Å². The molecule has 1 aliphatic rings. The molecule has 3 heteroatoms. The lowest BCUT2D eigenvalue weighted by Crippen LogP contribution is -2.24. The molecule has 17 heavy (non-hydrogen) atoms. The van der Waals surface area contributed by atoms with E-state index in [2.05, 4.69) is 16.4 Å². The van der Waals surface area contributed by atoms with Crippen molar-refractivity contribution in [3.05, 3.63) is 59.9 Å². The number of nitrogens with zero attached hydrogens (tertiary/aromatic N) is 1. The monoisotopic (exact) mass is 226 g/mol. The van der Waals surface area contributed by atoms with E-state index in [1.165, 1.54) is 5.56 Å². The van der Waals surface area contributed by atoms with Crippen molar-refractivity contribution in [3.63, 3.8) is 0 Å². The number of aromatic nitrogens is 1. The molecule has 0 fully saturated rings. The van der Waals surface area contributed by atoms with Crippen LogP contribution in [0.1, 0.15) is 17.2 Å². The number of hydrogen-bond donors (Lipinski definition) is 2. The van der Waals surface area contributed by atoms with Crippen molar-refractivity contribution in [3.8, 4) is 0 Å². The molecule has 0 saturated heterocycles. The Labute approximate surface area is 100 Å². The summed E-state index contributed by atoms with van der Waals surface area (Å²) in [5, 5.41) is 13.6. The molecule has 0 radical (unpaired) electrons. The lowest BCUT2D eigenvalue weighted by molar-refractivity contribution is 0.156. The van der Waals surface area contributed by atoms with Crippen LogP contribution < -0.4 is 5.32 Å². The Morgan fingerprint density at radius 2 is 2.12 bits per heavy atom. The van der Waals surface area contributed by atoms with E-state index in [-0.39, 0.29) is 6.04 Å². The van der Waals surface area contributed by atoms with E-state index < -0.39 is 6.10 Å². The second-order valence-corrected chi connectivity index (χ2v) is 4.34. The van der Waals surface area contributed by atoms with Crippen LogP contribution in [-0.4, -0.2) is 16.1 Å². The van der Waals surface area contributed by atoms with E-state index in [1.54, 1.807) is 12.4 Å². The molecule has 2 atom stereocenters. The topological polar surface area (TPSA) is 45.2 Å². The molecule has 1 aromatic heterocycles. The number of aliphatic hydroxyl groups is 1. The first-order valence-corrected chi connectivity index (χ1v) is 5.77. The largest absolute Gasteiger partial charge is 0.386 e. The molecule has 1 aromatic carbocycles. The van der Waals surface area contributed by atoms with Crippen molar-refractivity contribution < 1.29 is 5.11 Å². The van der Waals surface area contributed by atoms with Crippen LogP contribution >= 0.6 is 0 Å². The standard InChI is InChI=1S/C14H14N2O/c17-14(11-5-3-7-15-9-11)13-8-10-4-1-2-6-12(10)16-13/h1-7,9,13-14,16-17H,8H2. The number of fused-ring (bicyclic) bond motifs is 1. The van der Waals surface area contributed by atoms with E-state index in [0.29, 0.717) is 0 Å². The summed E-state index contributed by atoms with van der Waals surface area (Å²) in [5.41, 5.74) is 3.25. The van der Waals surface area contributed by atoms with Gasteiger partial charge in [0.25, 0.3) is 0 Å². The van der Waals surface area contributed by atoms with Crippen molar-refractivity contribution in [2.75, 3.05) is 5.32 Å². The van der Waals surface area contributed by atoms with Crippen LogP contribution in [0.3, 0.4) is 0 Å². The van der Waals surface area contributed by atoms with Gasteiger partial charge >= 0.3 is 0 Å². The van der Waals surface area contributed by atoms with Gasteiger partial charge in [0.2, 0.25) is 0 Å². The lowest BCUT2D eigenvalue weighted by Gasteiger charge is -2.18. The van der Waals surface area contributed by atoms with Crippen LogP contribution in [-0.2, 0) is 6.42 Å². The van der Waals surface area contributed by atoms with E-state index >= 15 is 0 Å². The number of anilines is 1. The van der Waals surface area contributed by atoms with Gasteiger partial charge in [-0.3, -0.25) is 4.98 Å². The zero-order valence-corrected chi connectivity index (χ0v) is 9.38. The Balaban J connectivity index is 1.81. The number of nitrogens with one attached hydrogen (secondary N) is 1. The quantitative estimate of drug-likeness (QED) is 0.824. The van der Waals surface area contributed by atoms with Crippen molar-refractivity contribution >= 4 is 5.69 Å². The third kappa shape index (κ3) is 1.89. The van der Waals surface area contributed by atoms with Crippen molar-refractivity contribution in [2.24, 2.45) is 0 Å². The van der Waals surface area contributed by atoms with Gasteiger partial charge in [-0.1, -0.05) is 24.3 Å². The number of para-hydroxylation sites is 1. The summed E-state index contributed by atoms with van der Waals surface area (Å²) in [7, 11) is 0. The van der Waals surface area contributed by atoms with Crippen LogP contribution in [0, 0.1) is 0 Å². The van der Waals surface area contributed by atoms with E-state index in [1.807, 2.05) is 30.3 Å². The first kappa shape index (κ1) is 10.3. The highest BCUT2D eigenvalue weighted by Gasteiger charge is 2.27. The molecule has 1 aliphatic heterocycles. The molecule has 0 amide bonds. The van der Waals surface area contributed by atoms with Crippen LogP contribution in [0.15, 0.2) is 48.8 Å². The molecule has 0 aliphatic carbocycles. The van der Waals surface area contributed by atoms with Crippen molar-refractivity contribution in [1.82, 2.24) is 4.98 Å². The smallest absolute Gasteiger partial charge is 0.101 e. The van der Waals surface area contributed by atoms with Gasteiger partial charge in [0, 0.05) is 23.6 Å². The molecule has 2 heterocycles. The Morgan fingerprint density at radius 3 is 2.88 bits per heavy atom. The number of rotatable bonds is 2. The second kappa shape index (κ2) is 4.18. The van der Waals surface area contributed by atoms with Gasteiger partial charge in [-0.05, 0) is 24.1 Å². The minimum absolute atomic E-state index is 0.0385. The summed E-state index contributed by atoms with van der Waals surface area (Å²) in [6, 6.07) is 12.0. The molecule has 86 valence electrons. The predicted molar refractivity (Wildman–Crippen MR) is 66.8 cm³/mol. The van der Waals surface area contributed by atoms with Crippen molar-refractivity contribution in [1.29, 1.82) is 0 Å². The highest BCUT2D eigenvalue weighted by molar-refractivity contribution is 5.57. The Kier molecular flexibility index (Phi) is 2.53. The van der Waals surface area contributed by atoms with Gasteiger partial charge in [-0.15, -0.1) is 0 Å². The number of pyridine rings is 1. The fourth-order valence-electron chi connectivity index (χ4n) is 2.30. The minimum Gasteiger partial charge on any atom is -0.386 e. The second-order valence-electron chi connectivity index (χ2n) is 4.34. The van der Waals surface area contributed by atoms with Gasteiger partial charge in [0.15, 0.2) is 0 Å². The van der Waals surface area contributed by atoms with Crippen LogP contribution in [0.4, 0.5) is 5.69 Å². The summed E-state index contributed by atoms with van der Waals surface area (Å²) in [4.78, 5) is 4.04. The zero-order valence-electron chi connectivity index (χ0n) is 9.38. The van der Waals surface area contributed by atoms with Crippen molar-refractivity contribution in [2.45, 2.75) is 18.6 Å². The molecule has 0 saturated carbocycles. The average Bonchev–Trinajstić information content (AvgIpc) is 2.82. The molecule has 2 unspecified atom stereocenters. The first-order chi connectivity index (χ1) is 8.34. The number of aliphatic hydroxyl groups excluding tert-OH is 1. The SMILES string of the molecule is OC(c1cccnc1)C1Cc2ccccc2N1. The maximum atomic E-state index is 10.3. The molecule has 3 nitrogen and oxygen atoms in total. The molecule has 0 bridgehead atoms. The maximum absolute atomic E-state index is 10.3. The highest BCUT2D eigenvalue weighted by atomic mass is 16.3. The fraction of sp³-hybridized carbons (Fsp3) is 0.214. The van der Waals surface area contributed by atoms with Gasteiger partial charge in [-0.2, -0.15) is 0 Å². The molecule has 2 N–H and O–H groups in total. The Bertz CT molecular complexity index is 488. The molecule has 2 aromatic rings. The van der Waals surface area contributed by atoms with E-state index in [9.17, 15) is 5.11 Å². The van der Waals surface area contributed by atoms with E-state index in [0.717, 1.165) is 17.7 Å². The van der Waals surface area contributed by atoms with Gasteiger partial charge < -0.3 is 10.4 Å². The van der Waals surface area contributed by atoms with Crippen LogP contribution in [0.5, 0.6) is 0 Å². The lowest BCUT2D eigenvalue weighted by atomic mass is 10.0. The van der Waals surface area contributed by atoms with Gasteiger partial charge in [0.05, 0.1) is 6.04 Å². The van der Waals surface area contributed by atoms with E-state index in [4.69, 9.17) is 0 Å². The normalized spacial score (nSPS) is 19.5. The van der Waals surface area contributed by atoms with Gasteiger partial charge in [0.1, 0.15) is 6.10 Å². The molecule has 0 spiro atoms. The first-order valence-electron chi connectivity index (χ1n) is 5.77. The maximum Gasteiger partial charge on any atom is 0.101 e. The number of benzene rings is 1. The average molecular weight is 226 g/mol. The number of hydrogen-bond acceptors (Lipinski definition) is 3. The van der Waals surface area contributed by atoms with Crippen LogP contribution in [0.25, 0.3) is 0 Å². The summed E-state index contributed by atoms with van der Waals surface area (Å²) in [6.45, 7) is 0. The summed E-state index contributed by atoms with van der Waals surface area (Å²) < 4.78 is 0. The third-order valence-corrected chi connectivity index (χ3v) is 3.21. The predicted octanol–water partition coefficient (Wildman–Crippen LogP) is 2.15. The Morgan fingerprint density at radius 1 is 1.24 bits per heavy atom. The highest BCUT2D eigenvalue weighted by Crippen LogP contribution is 2.31. The Hall–Kier alpha value is -1.87. The zero-order chi connectivity index (χ0) is 11.7. The van der Waals surface area contributed by atoms with Gasteiger partial charge in [-0.25, -0.2) is 0 Å². The molecular formula is C14H14N2O. The molecular weight excluding hydrogens is 212 g/mol. The third-order valence-electron chi connectivity index (χ3n) is 3.21. The summed E-state index contributed by atoms with van der Waals surface area (Å²) in [5.74, 6) is 0.